The van der Waals surface area contributed by atoms with Crippen LogP contribution in [0.1, 0.15) is 45.2 Å². The van der Waals surface area contributed by atoms with Crippen LogP contribution in [-0.2, 0) is 26.2 Å². The topological polar surface area (TPSA) is 86.8 Å². The van der Waals surface area contributed by atoms with Crippen LogP contribution in [0.4, 0.5) is 10.1 Å². The van der Waals surface area contributed by atoms with E-state index in [4.69, 9.17) is 0 Å². The van der Waals surface area contributed by atoms with Crippen LogP contribution in [-0.4, -0.2) is 43.3 Å². The van der Waals surface area contributed by atoms with Crippen molar-refractivity contribution in [3.63, 3.8) is 0 Å². The van der Waals surface area contributed by atoms with Crippen molar-refractivity contribution in [3.05, 3.63) is 95.8 Å². The zero-order valence-electron chi connectivity index (χ0n) is 23.0. The fraction of sp³-hybridized carbons (Fsp3) is 0.333. The van der Waals surface area contributed by atoms with Gasteiger partial charge in [0.1, 0.15) is 18.4 Å². The van der Waals surface area contributed by atoms with Gasteiger partial charge in [0, 0.05) is 12.1 Å². The van der Waals surface area contributed by atoms with Gasteiger partial charge in [0.15, 0.2) is 0 Å². The van der Waals surface area contributed by atoms with E-state index in [2.05, 4.69) is 5.32 Å². The highest BCUT2D eigenvalue weighted by Crippen LogP contribution is 2.25. The number of hydrogen-bond donors (Lipinski definition) is 1. The molecule has 0 radical (unpaired) electrons. The van der Waals surface area contributed by atoms with E-state index in [1.54, 1.807) is 30.3 Å². The molecule has 0 unspecified atom stereocenters. The summed E-state index contributed by atoms with van der Waals surface area (Å²) in [6.45, 7) is 8.89. The van der Waals surface area contributed by atoms with Crippen molar-refractivity contribution >= 4 is 27.5 Å². The standard InChI is InChI=1S/C30H36FN3O4S/c1-6-27(29(36)32-30(3,4)5)33(20-23-13-11-10-12-22(23)2)28(35)21-34(25-14-8-7-9-15-25)39(37,38)26-18-16-24(31)17-19-26/h7-19,27H,6,20-21H2,1-5H3,(H,32,36)/t27-/m1/s1. The van der Waals surface area contributed by atoms with E-state index in [-0.39, 0.29) is 23.0 Å². The number of para-hydroxylation sites is 1. The molecule has 1 N–H and O–H groups in total. The van der Waals surface area contributed by atoms with E-state index in [1.165, 1.54) is 17.0 Å². The fourth-order valence-corrected chi connectivity index (χ4v) is 5.61. The van der Waals surface area contributed by atoms with E-state index >= 15 is 0 Å². The number of carbonyl (C=O) groups excluding carboxylic acids is 2. The van der Waals surface area contributed by atoms with Gasteiger partial charge in [0.2, 0.25) is 11.8 Å². The first-order chi connectivity index (χ1) is 18.3. The maximum absolute atomic E-state index is 14.0. The van der Waals surface area contributed by atoms with Crippen LogP contribution >= 0.6 is 0 Å². The molecule has 0 saturated heterocycles. The molecule has 208 valence electrons. The molecule has 0 bridgehead atoms. The molecule has 1 atom stereocenters. The SMILES string of the molecule is CC[C@H](C(=O)NC(C)(C)C)N(Cc1ccccc1C)C(=O)CN(c1ccccc1)S(=O)(=O)c1ccc(F)cc1. The highest BCUT2D eigenvalue weighted by molar-refractivity contribution is 7.92. The van der Waals surface area contributed by atoms with E-state index in [9.17, 15) is 22.4 Å². The van der Waals surface area contributed by atoms with E-state index in [1.807, 2.05) is 58.9 Å². The molecular weight excluding hydrogens is 517 g/mol. The van der Waals surface area contributed by atoms with Gasteiger partial charge < -0.3 is 10.2 Å². The van der Waals surface area contributed by atoms with Crippen LogP contribution in [0.2, 0.25) is 0 Å². The van der Waals surface area contributed by atoms with Crippen molar-refractivity contribution in [1.29, 1.82) is 0 Å². The van der Waals surface area contributed by atoms with Crippen LogP contribution in [0.3, 0.4) is 0 Å². The summed E-state index contributed by atoms with van der Waals surface area (Å²) in [6, 6.07) is 19.4. The molecule has 7 nitrogen and oxygen atoms in total. The van der Waals surface area contributed by atoms with Crippen LogP contribution in [0.25, 0.3) is 0 Å². The molecule has 0 aromatic heterocycles. The normalized spacial score (nSPS) is 12.5. The molecule has 0 spiro atoms. The van der Waals surface area contributed by atoms with E-state index in [0.717, 1.165) is 27.6 Å². The third-order valence-corrected chi connectivity index (χ3v) is 8.00. The Morgan fingerprint density at radius 2 is 1.51 bits per heavy atom. The van der Waals surface area contributed by atoms with Gasteiger partial charge in [-0.05, 0) is 81.6 Å². The molecule has 9 heteroatoms. The van der Waals surface area contributed by atoms with Gasteiger partial charge in [-0.1, -0.05) is 49.4 Å². The van der Waals surface area contributed by atoms with Gasteiger partial charge in [-0.2, -0.15) is 0 Å². The van der Waals surface area contributed by atoms with Crippen molar-refractivity contribution in [2.24, 2.45) is 0 Å². The predicted molar refractivity (Wildman–Crippen MR) is 151 cm³/mol. The Morgan fingerprint density at radius 3 is 2.08 bits per heavy atom. The summed E-state index contributed by atoms with van der Waals surface area (Å²) in [7, 11) is -4.24. The Morgan fingerprint density at radius 1 is 0.923 bits per heavy atom. The highest BCUT2D eigenvalue weighted by atomic mass is 32.2. The van der Waals surface area contributed by atoms with Crippen molar-refractivity contribution in [2.75, 3.05) is 10.8 Å². The molecule has 0 aliphatic heterocycles. The Kier molecular flexibility index (Phi) is 9.50. The lowest BCUT2D eigenvalue weighted by Crippen LogP contribution is -2.55. The third kappa shape index (κ3) is 7.66. The molecule has 39 heavy (non-hydrogen) atoms. The summed E-state index contributed by atoms with van der Waals surface area (Å²) < 4.78 is 42.0. The predicted octanol–water partition coefficient (Wildman–Crippen LogP) is 5.05. The van der Waals surface area contributed by atoms with Gasteiger partial charge in [0.05, 0.1) is 10.6 Å². The monoisotopic (exact) mass is 553 g/mol. The van der Waals surface area contributed by atoms with Crippen LogP contribution in [0.15, 0.2) is 83.8 Å². The summed E-state index contributed by atoms with van der Waals surface area (Å²) in [6.07, 6.45) is 0.329. The van der Waals surface area contributed by atoms with E-state index in [0.29, 0.717) is 6.42 Å². The number of carbonyl (C=O) groups is 2. The summed E-state index contributed by atoms with van der Waals surface area (Å²) in [5.41, 5.74) is 1.54. The number of aryl methyl sites for hydroxylation is 1. The second kappa shape index (κ2) is 12.4. The van der Waals surface area contributed by atoms with Gasteiger partial charge in [0.25, 0.3) is 10.0 Å². The van der Waals surface area contributed by atoms with Crippen LogP contribution in [0.5, 0.6) is 0 Å². The number of sulfonamides is 1. The molecule has 3 rings (SSSR count). The first kappa shape index (κ1) is 29.8. The van der Waals surface area contributed by atoms with Crippen molar-refractivity contribution in [1.82, 2.24) is 10.2 Å². The largest absolute Gasteiger partial charge is 0.350 e. The lowest BCUT2D eigenvalue weighted by molar-refractivity contribution is -0.141. The fourth-order valence-electron chi connectivity index (χ4n) is 4.20. The molecule has 0 fully saturated rings. The molecule has 0 aliphatic rings. The number of halogens is 1. The van der Waals surface area contributed by atoms with Gasteiger partial charge in [-0.25, -0.2) is 12.8 Å². The van der Waals surface area contributed by atoms with Crippen molar-refractivity contribution < 1.29 is 22.4 Å². The Hall–Kier alpha value is -3.72. The number of amides is 2. The molecule has 0 heterocycles. The van der Waals surface area contributed by atoms with Gasteiger partial charge in [-0.15, -0.1) is 0 Å². The van der Waals surface area contributed by atoms with Crippen molar-refractivity contribution in [3.8, 4) is 0 Å². The Bertz CT molecular complexity index is 1390. The number of nitrogens with zero attached hydrogens (tertiary/aromatic N) is 2. The highest BCUT2D eigenvalue weighted by Gasteiger charge is 2.34. The van der Waals surface area contributed by atoms with Crippen LogP contribution < -0.4 is 9.62 Å². The van der Waals surface area contributed by atoms with Crippen molar-refractivity contribution in [2.45, 2.75) is 64.1 Å². The zero-order chi connectivity index (χ0) is 28.8. The first-order valence-electron chi connectivity index (χ1n) is 12.8. The smallest absolute Gasteiger partial charge is 0.264 e. The minimum atomic E-state index is -4.24. The molecule has 2 amide bonds. The minimum absolute atomic E-state index is 0.126. The minimum Gasteiger partial charge on any atom is -0.350 e. The maximum atomic E-state index is 14.0. The molecular formula is C30H36FN3O4S. The lowest BCUT2D eigenvalue weighted by Gasteiger charge is -2.35. The lowest BCUT2D eigenvalue weighted by atomic mass is 10.0. The Labute approximate surface area is 230 Å². The number of rotatable bonds is 10. The summed E-state index contributed by atoms with van der Waals surface area (Å²) in [4.78, 5) is 28.7. The first-order valence-corrected chi connectivity index (χ1v) is 14.3. The van der Waals surface area contributed by atoms with Crippen LogP contribution in [0, 0.1) is 12.7 Å². The average molecular weight is 554 g/mol. The zero-order valence-corrected chi connectivity index (χ0v) is 23.8. The van der Waals surface area contributed by atoms with Gasteiger partial charge >= 0.3 is 0 Å². The quantitative estimate of drug-likeness (QED) is 0.381. The molecule has 3 aromatic rings. The molecule has 0 saturated carbocycles. The summed E-state index contributed by atoms with van der Waals surface area (Å²) in [5.74, 6) is -1.43. The second-order valence-corrected chi connectivity index (χ2v) is 12.3. The molecule has 0 aliphatic carbocycles. The number of benzene rings is 3. The summed E-state index contributed by atoms with van der Waals surface area (Å²) >= 11 is 0. The van der Waals surface area contributed by atoms with E-state index < -0.39 is 39.9 Å². The number of nitrogens with one attached hydrogen (secondary N) is 1. The average Bonchev–Trinajstić information content (AvgIpc) is 2.87. The maximum Gasteiger partial charge on any atom is 0.264 e. The molecule has 3 aromatic carbocycles. The number of anilines is 1. The number of hydrogen-bond acceptors (Lipinski definition) is 4. The second-order valence-electron chi connectivity index (χ2n) is 10.4. The third-order valence-electron chi connectivity index (χ3n) is 6.21. The summed E-state index contributed by atoms with van der Waals surface area (Å²) in [5, 5.41) is 2.95. The Balaban J connectivity index is 2.06. The van der Waals surface area contributed by atoms with Gasteiger partial charge in [-0.3, -0.25) is 13.9 Å².